The molecular formula is C27H29BN2O3. The second-order valence-electron chi connectivity index (χ2n) is 9.06. The van der Waals surface area contributed by atoms with Crippen molar-refractivity contribution < 1.29 is 14.5 Å². The summed E-state index contributed by atoms with van der Waals surface area (Å²) < 4.78 is 5.30. The highest BCUT2D eigenvalue weighted by molar-refractivity contribution is 6.61. The van der Waals surface area contributed by atoms with Crippen LogP contribution >= 0.6 is 0 Å². The van der Waals surface area contributed by atoms with Gasteiger partial charge in [0.05, 0.1) is 13.0 Å². The first kappa shape index (κ1) is 21.9. The van der Waals surface area contributed by atoms with Crippen LogP contribution in [0, 0.1) is 0 Å². The number of likely N-dealkylation sites (tertiary alicyclic amines) is 1. The van der Waals surface area contributed by atoms with Gasteiger partial charge in [0.15, 0.2) is 0 Å². The number of hydrogen-bond acceptors (Lipinski definition) is 4. The molecule has 5 nitrogen and oxygen atoms in total. The van der Waals surface area contributed by atoms with E-state index < -0.39 is 7.12 Å². The molecule has 0 bridgehead atoms. The van der Waals surface area contributed by atoms with Crippen molar-refractivity contribution >= 4 is 18.5 Å². The molecule has 33 heavy (non-hydrogen) atoms. The zero-order valence-corrected chi connectivity index (χ0v) is 18.7. The number of benzene rings is 3. The van der Waals surface area contributed by atoms with Gasteiger partial charge in [-0.05, 0) is 63.7 Å². The lowest BCUT2D eigenvalue weighted by molar-refractivity contribution is -0.131. The third kappa shape index (κ3) is 4.74. The van der Waals surface area contributed by atoms with Crippen LogP contribution in [-0.4, -0.2) is 36.0 Å². The molecule has 0 radical (unpaired) electrons. The number of carbonyl (C=O) groups is 1. The van der Waals surface area contributed by atoms with Crippen molar-refractivity contribution in [3.8, 4) is 11.1 Å². The zero-order valence-electron chi connectivity index (χ0n) is 18.7. The molecule has 0 aliphatic carbocycles. The minimum atomic E-state index is -0.827. The number of amides is 1. The third-order valence-corrected chi connectivity index (χ3v) is 6.93. The Morgan fingerprint density at radius 1 is 1.00 bits per heavy atom. The molecule has 5 rings (SSSR count). The van der Waals surface area contributed by atoms with Gasteiger partial charge in [0.1, 0.15) is 0 Å². The normalized spacial score (nSPS) is 16.2. The first-order valence-corrected chi connectivity index (χ1v) is 11.7. The van der Waals surface area contributed by atoms with E-state index in [1.54, 1.807) is 0 Å². The Bertz CT molecular complexity index is 1160. The van der Waals surface area contributed by atoms with Crippen LogP contribution in [0.5, 0.6) is 0 Å². The van der Waals surface area contributed by atoms with Gasteiger partial charge in [0, 0.05) is 19.6 Å². The summed E-state index contributed by atoms with van der Waals surface area (Å²) in [7, 11) is -0.827. The molecule has 3 aromatic carbocycles. The zero-order chi connectivity index (χ0) is 22.8. The van der Waals surface area contributed by atoms with E-state index in [9.17, 15) is 9.82 Å². The molecule has 0 atom stereocenters. The van der Waals surface area contributed by atoms with Crippen molar-refractivity contribution in [3.63, 3.8) is 0 Å². The van der Waals surface area contributed by atoms with Crippen molar-refractivity contribution in [3.05, 3.63) is 89.0 Å². The van der Waals surface area contributed by atoms with E-state index in [2.05, 4.69) is 42.5 Å². The lowest BCUT2D eigenvalue weighted by atomic mass is 9.79. The van der Waals surface area contributed by atoms with E-state index in [4.69, 9.17) is 10.4 Å². The lowest BCUT2D eigenvalue weighted by Crippen LogP contribution is -2.38. The summed E-state index contributed by atoms with van der Waals surface area (Å²) in [6.07, 6.45) is 2.39. The fourth-order valence-corrected chi connectivity index (χ4v) is 4.99. The Hall–Kier alpha value is -2.93. The number of fused-ring (bicyclic) bond motifs is 1. The fourth-order valence-electron chi connectivity index (χ4n) is 4.99. The number of piperidine rings is 1. The highest BCUT2D eigenvalue weighted by Gasteiger charge is 2.27. The number of carbonyl (C=O) groups excluding carboxylic acids is 1. The number of nitrogens with zero attached hydrogens (tertiary/aromatic N) is 1. The third-order valence-electron chi connectivity index (χ3n) is 6.93. The fraction of sp³-hybridized carbons (Fsp3) is 0.296. The van der Waals surface area contributed by atoms with Gasteiger partial charge < -0.3 is 20.3 Å². The largest absolute Gasteiger partial charge is 0.491 e. The van der Waals surface area contributed by atoms with Crippen molar-refractivity contribution in [1.82, 2.24) is 4.90 Å². The molecule has 2 heterocycles. The van der Waals surface area contributed by atoms with Crippen molar-refractivity contribution in [1.29, 1.82) is 0 Å². The van der Waals surface area contributed by atoms with E-state index in [-0.39, 0.29) is 5.91 Å². The molecule has 1 saturated heterocycles. The predicted molar refractivity (Wildman–Crippen MR) is 131 cm³/mol. The summed E-state index contributed by atoms with van der Waals surface area (Å²) >= 11 is 0. The molecule has 0 aromatic heterocycles. The second-order valence-corrected chi connectivity index (χ2v) is 9.06. The molecule has 3 aromatic rings. The van der Waals surface area contributed by atoms with E-state index in [1.165, 1.54) is 5.56 Å². The Labute approximate surface area is 195 Å². The van der Waals surface area contributed by atoms with Crippen molar-refractivity contribution in [2.24, 2.45) is 5.73 Å². The summed E-state index contributed by atoms with van der Waals surface area (Å²) in [5.74, 6) is 0.679. The minimum absolute atomic E-state index is 0.187. The maximum Gasteiger partial charge on any atom is 0.491 e. The van der Waals surface area contributed by atoms with Crippen LogP contribution < -0.4 is 11.2 Å². The van der Waals surface area contributed by atoms with E-state index in [0.717, 1.165) is 59.2 Å². The molecule has 6 heteroatoms. The van der Waals surface area contributed by atoms with Crippen molar-refractivity contribution in [2.45, 2.75) is 38.3 Å². The Morgan fingerprint density at radius 3 is 2.58 bits per heavy atom. The molecule has 2 aliphatic heterocycles. The number of rotatable bonds is 5. The van der Waals surface area contributed by atoms with Crippen LogP contribution in [0.15, 0.2) is 66.7 Å². The quantitative estimate of drug-likeness (QED) is 0.599. The maximum atomic E-state index is 13.0. The molecule has 1 amide bonds. The van der Waals surface area contributed by atoms with E-state index in [0.29, 0.717) is 25.5 Å². The summed E-state index contributed by atoms with van der Waals surface area (Å²) in [6, 6.07) is 22.7. The van der Waals surface area contributed by atoms with Crippen LogP contribution in [0.3, 0.4) is 0 Å². The molecule has 168 valence electrons. The minimum Gasteiger partial charge on any atom is -0.423 e. The first-order chi connectivity index (χ1) is 16.1. The first-order valence-electron chi connectivity index (χ1n) is 11.7. The molecule has 1 fully saturated rings. The van der Waals surface area contributed by atoms with Gasteiger partial charge in [-0.15, -0.1) is 0 Å². The molecule has 2 aliphatic rings. The maximum absolute atomic E-state index is 13.0. The lowest BCUT2D eigenvalue weighted by Gasteiger charge is -2.32. The van der Waals surface area contributed by atoms with Gasteiger partial charge >= 0.3 is 7.12 Å². The van der Waals surface area contributed by atoms with Gasteiger partial charge in [-0.3, -0.25) is 4.79 Å². The molecule has 3 N–H and O–H groups in total. The standard InChI is InChI=1S/C27H29BN2O3/c29-17-20-4-2-5-22(14-20)21-9-11-30(12-10-21)27(31)15-19-3-1-6-23(13-19)24-7-8-26-25(16-24)18-33-28(26)32/h1-8,13-14,16,21,32H,9-12,15,17-18,29H2. The molecule has 0 saturated carbocycles. The monoisotopic (exact) mass is 440 g/mol. The Balaban J connectivity index is 1.22. The van der Waals surface area contributed by atoms with Crippen LogP contribution in [-0.2, 0) is 29.0 Å². The van der Waals surface area contributed by atoms with Crippen molar-refractivity contribution in [2.75, 3.05) is 13.1 Å². The SMILES string of the molecule is NCc1cccc(C2CCN(C(=O)Cc3cccc(-c4ccc5c(c4)COB5O)c3)CC2)c1. The smallest absolute Gasteiger partial charge is 0.423 e. The summed E-state index contributed by atoms with van der Waals surface area (Å²) in [4.78, 5) is 15.0. The molecule has 0 unspecified atom stereocenters. The van der Waals surface area contributed by atoms with Gasteiger partial charge in [0.2, 0.25) is 5.91 Å². The summed E-state index contributed by atoms with van der Waals surface area (Å²) in [5, 5.41) is 9.85. The highest BCUT2D eigenvalue weighted by Crippen LogP contribution is 2.29. The average molecular weight is 440 g/mol. The van der Waals surface area contributed by atoms with E-state index in [1.807, 2.05) is 29.2 Å². The molecular weight excluding hydrogens is 411 g/mol. The summed E-state index contributed by atoms with van der Waals surface area (Å²) in [5.41, 5.74) is 13.3. The Kier molecular flexibility index (Phi) is 6.31. The van der Waals surface area contributed by atoms with Crippen LogP contribution in [0.25, 0.3) is 11.1 Å². The van der Waals surface area contributed by atoms with Gasteiger partial charge in [-0.2, -0.15) is 0 Å². The van der Waals surface area contributed by atoms with Gasteiger partial charge in [-0.1, -0.05) is 60.7 Å². The average Bonchev–Trinajstić information content (AvgIpc) is 3.24. The van der Waals surface area contributed by atoms with Crippen LogP contribution in [0.1, 0.15) is 41.0 Å². The number of nitrogens with two attached hydrogens (primary N) is 1. The second kappa shape index (κ2) is 9.52. The Morgan fingerprint density at radius 2 is 1.76 bits per heavy atom. The topological polar surface area (TPSA) is 75.8 Å². The van der Waals surface area contributed by atoms with Crippen LogP contribution in [0.4, 0.5) is 0 Å². The van der Waals surface area contributed by atoms with Gasteiger partial charge in [0.25, 0.3) is 0 Å². The number of hydrogen-bond donors (Lipinski definition) is 2. The van der Waals surface area contributed by atoms with E-state index >= 15 is 0 Å². The molecule has 0 spiro atoms. The predicted octanol–water partition coefficient (Wildman–Crippen LogP) is 2.98. The van der Waals surface area contributed by atoms with Crippen LogP contribution in [0.2, 0.25) is 0 Å². The van der Waals surface area contributed by atoms with Gasteiger partial charge in [-0.25, -0.2) is 0 Å². The summed E-state index contributed by atoms with van der Waals surface area (Å²) in [6.45, 7) is 2.58. The highest BCUT2D eigenvalue weighted by atomic mass is 16.5.